The standard InChI is InChI=1S/C20H18F2N2O3/c1-12-5-4-6-13(2)18(12)24-19(25)15(11-23)9-14-7-8-16(27-20(21)22)17(10-14)26-3/h4-10,20H,1-3H3,(H,24,25). The van der Waals surface area contributed by atoms with E-state index in [0.29, 0.717) is 11.3 Å². The number of para-hydroxylation sites is 1. The molecule has 0 spiro atoms. The van der Waals surface area contributed by atoms with Gasteiger partial charge in [-0.3, -0.25) is 4.79 Å². The molecule has 2 aromatic rings. The average molecular weight is 372 g/mol. The van der Waals surface area contributed by atoms with Crippen molar-refractivity contribution in [3.63, 3.8) is 0 Å². The van der Waals surface area contributed by atoms with Crippen LogP contribution in [0.25, 0.3) is 6.08 Å². The van der Waals surface area contributed by atoms with Crippen molar-refractivity contribution in [2.75, 3.05) is 12.4 Å². The summed E-state index contributed by atoms with van der Waals surface area (Å²) in [6, 6.07) is 11.6. The monoisotopic (exact) mass is 372 g/mol. The molecule has 0 heterocycles. The number of nitriles is 1. The van der Waals surface area contributed by atoms with Crippen molar-refractivity contribution in [1.29, 1.82) is 5.26 Å². The lowest BCUT2D eigenvalue weighted by Gasteiger charge is -2.12. The lowest BCUT2D eigenvalue weighted by Crippen LogP contribution is -2.15. The number of nitrogens with one attached hydrogen (secondary N) is 1. The van der Waals surface area contributed by atoms with Crippen LogP contribution < -0.4 is 14.8 Å². The first-order valence-electron chi connectivity index (χ1n) is 7.98. The van der Waals surface area contributed by atoms with Crippen LogP contribution in [0.15, 0.2) is 42.0 Å². The molecule has 0 aliphatic heterocycles. The summed E-state index contributed by atoms with van der Waals surface area (Å²) in [5.41, 5.74) is 2.68. The number of nitrogens with zero attached hydrogens (tertiary/aromatic N) is 1. The van der Waals surface area contributed by atoms with Crippen LogP contribution in [0.2, 0.25) is 0 Å². The molecule has 0 atom stereocenters. The Kier molecular flexibility index (Phi) is 6.50. The number of benzene rings is 2. The number of hydrogen-bond acceptors (Lipinski definition) is 4. The van der Waals surface area contributed by atoms with Gasteiger partial charge >= 0.3 is 6.61 Å². The Morgan fingerprint density at radius 2 is 1.85 bits per heavy atom. The Balaban J connectivity index is 2.30. The first-order chi connectivity index (χ1) is 12.8. The zero-order valence-corrected chi connectivity index (χ0v) is 15.0. The van der Waals surface area contributed by atoms with E-state index in [1.54, 1.807) is 0 Å². The van der Waals surface area contributed by atoms with Crippen LogP contribution in [0, 0.1) is 25.2 Å². The summed E-state index contributed by atoms with van der Waals surface area (Å²) in [5.74, 6) is -0.638. The summed E-state index contributed by atoms with van der Waals surface area (Å²) in [5, 5.41) is 12.1. The topological polar surface area (TPSA) is 71.3 Å². The third-order valence-electron chi connectivity index (χ3n) is 3.80. The van der Waals surface area contributed by atoms with Crippen LogP contribution in [-0.2, 0) is 4.79 Å². The third-order valence-corrected chi connectivity index (χ3v) is 3.80. The SMILES string of the molecule is COc1cc(C=C(C#N)C(=O)Nc2c(C)cccc2C)ccc1OC(F)F. The number of alkyl halides is 2. The Labute approximate surface area is 155 Å². The molecule has 0 radical (unpaired) electrons. The second-order valence-corrected chi connectivity index (χ2v) is 5.68. The highest BCUT2D eigenvalue weighted by Gasteiger charge is 2.14. The zero-order chi connectivity index (χ0) is 20.0. The molecule has 0 saturated heterocycles. The van der Waals surface area contributed by atoms with E-state index < -0.39 is 12.5 Å². The van der Waals surface area contributed by atoms with Gasteiger partial charge in [0.1, 0.15) is 11.6 Å². The molecule has 1 N–H and O–H groups in total. The van der Waals surface area contributed by atoms with Crippen molar-refractivity contribution in [2.45, 2.75) is 20.5 Å². The van der Waals surface area contributed by atoms with Gasteiger partial charge in [-0.2, -0.15) is 14.0 Å². The molecule has 27 heavy (non-hydrogen) atoms. The maximum atomic E-state index is 12.5. The molecule has 5 nitrogen and oxygen atoms in total. The Hall–Kier alpha value is -3.40. The number of halogens is 2. The van der Waals surface area contributed by atoms with Crippen LogP contribution in [0.1, 0.15) is 16.7 Å². The van der Waals surface area contributed by atoms with Crippen LogP contribution in [0.4, 0.5) is 14.5 Å². The number of ether oxygens (including phenoxy) is 2. The summed E-state index contributed by atoms with van der Waals surface area (Å²) in [6.07, 6.45) is 1.34. The summed E-state index contributed by atoms with van der Waals surface area (Å²) in [6.45, 7) is 0.716. The zero-order valence-electron chi connectivity index (χ0n) is 15.0. The molecule has 0 aromatic heterocycles. The number of aryl methyl sites for hydroxylation is 2. The fraction of sp³-hybridized carbons (Fsp3) is 0.200. The minimum atomic E-state index is -2.99. The second-order valence-electron chi connectivity index (χ2n) is 5.68. The van der Waals surface area contributed by atoms with Gasteiger partial charge in [0.15, 0.2) is 11.5 Å². The van der Waals surface area contributed by atoms with Gasteiger partial charge in [-0.15, -0.1) is 0 Å². The van der Waals surface area contributed by atoms with Crippen LogP contribution in [-0.4, -0.2) is 19.6 Å². The fourth-order valence-electron chi connectivity index (χ4n) is 2.48. The number of rotatable bonds is 6. The average Bonchev–Trinajstić information content (AvgIpc) is 2.63. The number of carbonyl (C=O) groups is 1. The highest BCUT2D eigenvalue weighted by atomic mass is 19.3. The van der Waals surface area contributed by atoms with Crippen molar-refractivity contribution < 1.29 is 23.0 Å². The molecule has 0 unspecified atom stereocenters. The Bertz CT molecular complexity index is 898. The number of hydrogen-bond donors (Lipinski definition) is 1. The molecule has 2 rings (SSSR count). The van der Waals surface area contributed by atoms with E-state index in [1.165, 1.54) is 31.4 Å². The first kappa shape index (κ1) is 19.9. The van der Waals surface area contributed by atoms with E-state index in [2.05, 4.69) is 10.1 Å². The fourth-order valence-corrected chi connectivity index (χ4v) is 2.48. The van der Waals surface area contributed by atoms with Crippen molar-refractivity contribution in [3.8, 4) is 17.6 Å². The summed E-state index contributed by atoms with van der Waals surface area (Å²) in [4.78, 5) is 12.5. The molecular weight excluding hydrogens is 354 g/mol. The van der Waals surface area contributed by atoms with Crippen molar-refractivity contribution >= 4 is 17.7 Å². The Morgan fingerprint density at radius 1 is 1.19 bits per heavy atom. The molecule has 0 fully saturated rings. The molecule has 140 valence electrons. The number of anilines is 1. The molecule has 0 bridgehead atoms. The van der Waals surface area contributed by atoms with Gasteiger partial charge in [-0.05, 0) is 48.7 Å². The molecule has 0 aliphatic rings. The second kappa shape index (κ2) is 8.81. The number of amides is 1. The van der Waals surface area contributed by atoms with E-state index in [1.807, 2.05) is 38.1 Å². The molecule has 0 saturated carbocycles. The minimum absolute atomic E-state index is 0.0662. The van der Waals surface area contributed by atoms with Gasteiger partial charge < -0.3 is 14.8 Å². The van der Waals surface area contributed by atoms with Crippen molar-refractivity contribution in [2.24, 2.45) is 0 Å². The predicted octanol–water partition coefficient (Wildman–Crippen LogP) is 4.46. The predicted molar refractivity (Wildman–Crippen MR) is 97.8 cm³/mol. The summed E-state index contributed by atoms with van der Waals surface area (Å²) < 4.78 is 34.2. The van der Waals surface area contributed by atoms with Gasteiger partial charge in [0, 0.05) is 5.69 Å². The molecule has 0 aliphatic carbocycles. The van der Waals surface area contributed by atoms with E-state index in [0.717, 1.165) is 11.1 Å². The van der Waals surface area contributed by atoms with Gasteiger partial charge in [0.25, 0.3) is 5.91 Å². The summed E-state index contributed by atoms with van der Waals surface area (Å²) >= 11 is 0. The Morgan fingerprint density at radius 3 is 2.41 bits per heavy atom. The third kappa shape index (κ3) is 5.05. The highest BCUT2D eigenvalue weighted by Crippen LogP contribution is 2.30. The smallest absolute Gasteiger partial charge is 0.387 e. The van der Waals surface area contributed by atoms with E-state index >= 15 is 0 Å². The van der Waals surface area contributed by atoms with E-state index in [4.69, 9.17) is 4.74 Å². The van der Waals surface area contributed by atoms with Crippen LogP contribution >= 0.6 is 0 Å². The maximum absolute atomic E-state index is 12.5. The quantitative estimate of drug-likeness (QED) is 0.600. The highest BCUT2D eigenvalue weighted by molar-refractivity contribution is 6.10. The van der Waals surface area contributed by atoms with E-state index in [-0.39, 0.29) is 17.1 Å². The molecule has 7 heteroatoms. The maximum Gasteiger partial charge on any atom is 0.387 e. The lowest BCUT2D eigenvalue weighted by atomic mass is 10.1. The normalized spacial score (nSPS) is 11.1. The van der Waals surface area contributed by atoms with Gasteiger partial charge in [-0.1, -0.05) is 24.3 Å². The summed E-state index contributed by atoms with van der Waals surface area (Å²) in [7, 11) is 1.31. The van der Waals surface area contributed by atoms with E-state index in [9.17, 15) is 18.8 Å². The minimum Gasteiger partial charge on any atom is -0.493 e. The number of methoxy groups -OCH3 is 1. The van der Waals surface area contributed by atoms with Gasteiger partial charge in [0.2, 0.25) is 0 Å². The lowest BCUT2D eigenvalue weighted by molar-refractivity contribution is -0.112. The molecular formula is C20H18F2N2O3. The largest absolute Gasteiger partial charge is 0.493 e. The van der Waals surface area contributed by atoms with Gasteiger partial charge in [-0.25, -0.2) is 0 Å². The first-order valence-corrected chi connectivity index (χ1v) is 7.98. The van der Waals surface area contributed by atoms with Crippen LogP contribution in [0.3, 0.4) is 0 Å². The van der Waals surface area contributed by atoms with Gasteiger partial charge in [0.05, 0.1) is 7.11 Å². The molecule has 1 amide bonds. The van der Waals surface area contributed by atoms with Crippen molar-refractivity contribution in [3.05, 3.63) is 58.7 Å². The molecule has 2 aromatic carbocycles. The van der Waals surface area contributed by atoms with Crippen molar-refractivity contribution in [1.82, 2.24) is 0 Å². The van der Waals surface area contributed by atoms with Crippen LogP contribution in [0.5, 0.6) is 11.5 Å². The number of carbonyl (C=O) groups excluding carboxylic acids is 1.